The van der Waals surface area contributed by atoms with Gasteiger partial charge in [-0.1, -0.05) is 45.7 Å². The Bertz CT molecular complexity index is 1070. The van der Waals surface area contributed by atoms with Gasteiger partial charge in [0.25, 0.3) is 5.91 Å². The lowest BCUT2D eigenvalue weighted by molar-refractivity contribution is -0.147. The smallest absolute Gasteiger partial charge is 0.307 e. The van der Waals surface area contributed by atoms with E-state index in [-0.39, 0.29) is 17.2 Å². The van der Waals surface area contributed by atoms with Crippen molar-refractivity contribution >= 4 is 39.8 Å². The summed E-state index contributed by atoms with van der Waals surface area (Å²) in [5.74, 6) is -2.66. The number of amides is 2. The summed E-state index contributed by atoms with van der Waals surface area (Å²) in [7, 11) is 0. The molecule has 2 aliphatic carbocycles. The van der Waals surface area contributed by atoms with Crippen molar-refractivity contribution in [3.63, 3.8) is 0 Å². The zero-order chi connectivity index (χ0) is 23.8. The summed E-state index contributed by atoms with van der Waals surface area (Å²) >= 11 is 1.46. The number of nitrogens with one attached hydrogen (secondary N) is 2. The van der Waals surface area contributed by atoms with Crippen LogP contribution in [0.1, 0.15) is 79.2 Å². The van der Waals surface area contributed by atoms with Crippen LogP contribution in [0.4, 0.5) is 10.7 Å². The average molecular weight is 469 g/mol. The van der Waals surface area contributed by atoms with Crippen LogP contribution in [0.5, 0.6) is 0 Å². The molecule has 6 nitrogen and oxygen atoms in total. The van der Waals surface area contributed by atoms with Crippen molar-refractivity contribution < 1.29 is 19.5 Å². The van der Waals surface area contributed by atoms with Gasteiger partial charge in [0.2, 0.25) is 5.91 Å². The van der Waals surface area contributed by atoms with Gasteiger partial charge in [0.15, 0.2) is 0 Å². The minimum absolute atomic E-state index is 0.0289. The number of carboxylic acids is 1. The molecule has 1 fully saturated rings. The maximum Gasteiger partial charge on any atom is 0.307 e. The average Bonchev–Trinajstić information content (AvgIpc) is 3.34. The van der Waals surface area contributed by atoms with Crippen LogP contribution in [0.2, 0.25) is 0 Å². The first-order valence-electron chi connectivity index (χ1n) is 11.7. The van der Waals surface area contributed by atoms with E-state index in [1.165, 1.54) is 16.9 Å². The van der Waals surface area contributed by atoms with Crippen LogP contribution in [0.15, 0.2) is 24.3 Å². The number of aryl methyl sites for hydroxylation is 1. The van der Waals surface area contributed by atoms with E-state index in [1.54, 1.807) is 0 Å². The Morgan fingerprint density at radius 1 is 0.939 bits per heavy atom. The Morgan fingerprint density at radius 3 is 2.24 bits per heavy atom. The fraction of sp³-hybridized carbons (Fsp3) is 0.500. The molecule has 1 aromatic heterocycles. The number of carbonyl (C=O) groups is 3. The topological polar surface area (TPSA) is 95.5 Å². The van der Waals surface area contributed by atoms with Crippen LogP contribution in [-0.2, 0) is 27.8 Å². The molecule has 33 heavy (non-hydrogen) atoms. The van der Waals surface area contributed by atoms with E-state index in [4.69, 9.17) is 0 Å². The molecule has 2 aromatic rings. The number of rotatable bonds is 5. The Balaban J connectivity index is 1.56. The molecule has 0 spiro atoms. The zero-order valence-electron chi connectivity index (χ0n) is 19.5. The number of carbonyl (C=O) groups excluding carboxylic acids is 2. The fourth-order valence-electron chi connectivity index (χ4n) is 4.92. The normalized spacial score (nSPS) is 20.2. The van der Waals surface area contributed by atoms with Crippen molar-refractivity contribution in [1.29, 1.82) is 0 Å². The highest BCUT2D eigenvalue weighted by Gasteiger charge is 2.37. The van der Waals surface area contributed by atoms with E-state index in [9.17, 15) is 19.5 Å². The second-order valence-electron chi connectivity index (χ2n) is 10.2. The van der Waals surface area contributed by atoms with E-state index in [1.807, 2.05) is 24.3 Å². The SMILES string of the molecule is CC(C)(C)c1ccc(NC(=O)c2c(NC(=O)C3CCCCC3C(=O)O)sc3c2CCC3)cc1. The van der Waals surface area contributed by atoms with Gasteiger partial charge in [-0.3, -0.25) is 14.4 Å². The molecule has 4 rings (SSSR count). The number of thiophene rings is 1. The molecule has 2 atom stereocenters. The molecule has 2 unspecified atom stereocenters. The molecule has 0 saturated heterocycles. The standard InChI is InChI=1S/C26H32N2O4S/c1-26(2,3)15-11-13-16(14-12-15)27-23(30)21-19-9-6-10-20(19)33-24(21)28-22(29)17-7-4-5-8-18(17)25(31)32/h11-14,17-18H,4-10H2,1-3H3,(H,27,30)(H,28,29)(H,31,32). The molecule has 0 aliphatic heterocycles. The first kappa shape index (κ1) is 23.5. The third-order valence-corrected chi connectivity index (χ3v) is 8.02. The maximum absolute atomic E-state index is 13.3. The first-order valence-corrected chi connectivity index (χ1v) is 12.6. The number of hydrogen-bond acceptors (Lipinski definition) is 4. The van der Waals surface area contributed by atoms with Gasteiger partial charge >= 0.3 is 5.97 Å². The molecule has 2 amide bonds. The number of benzene rings is 1. The van der Waals surface area contributed by atoms with Gasteiger partial charge in [-0.25, -0.2) is 0 Å². The summed E-state index contributed by atoms with van der Waals surface area (Å²) in [6.45, 7) is 6.43. The predicted molar refractivity (Wildman–Crippen MR) is 131 cm³/mol. The Kier molecular flexibility index (Phi) is 6.61. The van der Waals surface area contributed by atoms with Crippen molar-refractivity contribution in [3.05, 3.63) is 45.8 Å². The van der Waals surface area contributed by atoms with Crippen molar-refractivity contribution in [3.8, 4) is 0 Å². The van der Waals surface area contributed by atoms with E-state index in [2.05, 4.69) is 31.4 Å². The van der Waals surface area contributed by atoms with Gasteiger partial charge in [0.1, 0.15) is 5.00 Å². The van der Waals surface area contributed by atoms with Crippen molar-refractivity contribution in [2.24, 2.45) is 11.8 Å². The molecule has 0 bridgehead atoms. The monoisotopic (exact) mass is 468 g/mol. The second-order valence-corrected chi connectivity index (χ2v) is 11.3. The van der Waals surface area contributed by atoms with Crippen LogP contribution in [0, 0.1) is 11.8 Å². The van der Waals surface area contributed by atoms with Gasteiger partial charge in [-0.15, -0.1) is 11.3 Å². The van der Waals surface area contributed by atoms with Gasteiger partial charge in [-0.05, 0) is 60.8 Å². The Morgan fingerprint density at radius 2 is 1.61 bits per heavy atom. The van der Waals surface area contributed by atoms with E-state index >= 15 is 0 Å². The molecule has 176 valence electrons. The predicted octanol–water partition coefficient (Wildman–Crippen LogP) is 5.62. The summed E-state index contributed by atoms with van der Waals surface area (Å²) in [5, 5.41) is 16.0. The highest BCUT2D eigenvalue weighted by Crippen LogP contribution is 2.40. The summed E-state index contributed by atoms with van der Waals surface area (Å²) < 4.78 is 0. The van der Waals surface area contributed by atoms with Crippen LogP contribution < -0.4 is 10.6 Å². The maximum atomic E-state index is 13.3. The van der Waals surface area contributed by atoms with Crippen LogP contribution in [-0.4, -0.2) is 22.9 Å². The number of hydrogen-bond donors (Lipinski definition) is 3. The van der Waals surface area contributed by atoms with Gasteiger partial charge in [0.05, 0.1) is 17.4 Å². The first-order chi connectivity index (χ1) is 15.6. The molecule has 3 N–H and O–H groups in total. The third kappa shape index (κ3) is 4.98. The van der Waals surface area contributed by atoms with Crippen LogP contribution in [0.3, 0.4) is 0 Å². The quantitative estimate of drug-likeness (QED) is 0.531. The molecular weight excluding hydrogens is 436 g/mol. The summed E-state index contributed by atoms with van der Waals surface area (Å²) in [4.78, 5) is 39.2. The number of aliphatic carboxylic acids is 1. The molecule has 1 heterocycles. The van der Waals surface area contributed by atoms with Gasteiger partial charge in [-0.2, -0.15) is 0 Å². The molecule has 1 aromatic carbocycles. The summed E-state index contributed by atoms with van der Waals surface area (Å²) in [6.07, 6.45) is 5.48. The van der Waals surface area contributed by atoms with Crippen molar-refractivity contribution in [1.82, 2.24) is 0 Å². The highest BCUT2D eigenvalue weighted by atomic mass is 32.1. The number of carboxylic acid groups (broad SMARTS) is 1. The van der Waals surface area contributed by atoms with Crippen LogP contribution >= 0.6 is 11.3 Å². The van der Waals surface area contributed by atoms with Crippen LogP contribution in [0.25, 0.3) is 0 Å². The number of fused-ring (bicyclic) bond motifs is 1. The lowest BCUT2D eigenvalue weighted by atomic mass is 9.79. The van der Waals surface area contributed by atoms with Crippen molar-refractivity contribution in [2.75, 3.05) is 10.6 Å². The molecular formula is C26H32N2O4S. The van der Waals surface area contributed by atoms with Gasteiger partial charge < -0.3 is 15.7 Å². The molecule has 2 aliphatic rings. The van der Waals surface area contributed by atoms with E-state index < -0.39 is 17.8 Å². The Hall–Kier alpha value is -2.67. The van der Waals surface area contributed by atoms with E-state index in [0.29, 0.717) is 29.1 Å². The summed E-state index contributed by atoms with van der Waals surface area (Å²) in [6, 6.07) is 7.85. The molecule has 1 saturated carbocycles. The molecule has 7 heteroatoms. The largest absolute Gasteiger partial charge is 0.481 e. The third-order valence-electron chi connectivity index (χ3n) is 6.81. The summed E-state index contributed by atoms with van der Waals surface area (Å²) in [5.41, 5.74) is 3.47. The minimum Gasteiger partial charge on any atom is -0.481 e. The second kappa shape index (κ2) is 9.29. The van der Waals surface area contributed by atoms with Gasteiger partial charge in [0, 0.05) is 10.6 Å². The fourth-order valence-corrected chi connectivity index (χ4v) is 6.21. The zero-order valence-corrected chi connectivity index (χ0v) is 20.3. The lowest BCUT2D eigenvalue weighted by Gasteiger charge is -2.27. The highest BCUT2D eigenvalue weighted by molar-refractivity contribution is 7.17. The lowest BCUT2D eigenvalue weighted by Crippen LogP contribution is -2.36. The number of anilines is 2. The minimum atomic E-state index is -0.916. The van der Waals surface area contributed by atoms with Crippen molar-refractivity contribution in [2.45, 2.75) is 71.1 Å². The molecule has 0 radical (unpaired) electrons. The Labute approximate surface area is 198 Å². The van der Waals surface area contributed by atoms with E-state index in [0.717, 1.165) is 42.5 Å².